The van der Waals surface area contributed by atoms with Crippen LogP contribution >= 0.6 is 0 Å². The number of rotatable bonds is 4. The molecule has 0 saturated heterocycles. The van der Waals surface area contributed by atoms with E-state index in [0.29, 0.717) is 5.69 Å². The SMILES string of the molecule is Cc1c(NC(C)(C)C(N)=O)c(=O)n(-c2ccccc2)n1C. The molecule has 2 aromatic rings. The molecule has 3 N–H and O–H groups in total. The van der Waals surface area contributed by atoms with E-state index in [4.69, 9.17) is 5.73 Å². The van der Waals surface area contributed by atoms with Gasteiger partial charge in [0, 0.05) is 7.05 Å². The molecule has 0 aliphatic carbocycles. The molecule has 0 atom stereocenters. The number of amides is 1. The second-order valence-electron chi connectivity index (χ2n) is 5.55. The van der Waals surface area contributed by atoms with Crippen LogP contribution in [-0.2, 0) is 11.8 Å². The van der Waals surface area contributed by atoms with Crippen molar-refractivity contribution in [1.82, 2.24) is 9.36 Å². The van der Waals surface area contributed by atoms with Crippen LogP contribution < -0.4 is 16.6 Å². The fourth-order valence-electron chi connectivity index (χ4n) is 2.09. The minimum absolute atomic E-state index is 0.212. The lowest BCUT2D eigenvalue weighted by atomic mass is 10.0. The van der Waals surface area contributed by atoms with E-state index in [1.54, 1.807) is 30.3 Å². The Morgan fingerprint density at radius 2 is 1.81 bits per heavy atom. The summed E-state index contributed by atoms with van der Waals surface area (Å²) in [6.07, 6.45) is 0. The maximum Gasteiger partial charge on any atom is 0.295 e. The van der Waals surface area contributed by atoms with Gasteiger partial charge in [-0.3, -0.25) is 14.3 Å². The van der Waals surface area contributed by atoms with Crippen LogP contribution in [0.15, 0.2) is 35.1 Å². The number of carbonyl (C=O) groups is 1. The Kier molecular flexibility index (Phi) is 3.63. The highest BCUT2D eigenvalue weighted by Gasteiger charge is 2.28. The number of hydrogen-bond acceptors (Lipinski definition) is 3. The maximum atomic E-state index is 12.6. The normalized spacial score (nSPS) is 11.4. The Bertz CT molecular complexity index is 726. The third-order valence-corrected chi connectivity index (χ3v) is 3.61. The summed E-state index contributed by atoms with van der Waals surface area (Å²) in [5.74, 6) is -0.517. The van der Waals surface area contributed by atoms with Crippen LogP contribution in [0.3, 0.4) is 0 Å². The predicted molar refractivity (Wildman–Crippen MR) is 82.6 cm³/mol. The van der Waals surface area contributed by atoms with Crippen molar-refractivity contribution >= 4 is 11.6 Å². The van der Waals surface area contributed by atoms with Gasteiger partial charge in [-0.05, 0) is 32.9 Å². The lowest BCUT2D eigenvalue weighted by Gasteiger charge is -2.22. The molecule has 0 unspecified atom stereocenters. The van der Waals surface area contributed by atoms with Gasteiger partial charge in [-0.2, -0.15) is 0 Å². The first kappa shape index (κ1) is 14.9. The second kappa shape index (κ2) is 5.12. The van der Waals surface area contributed by atoms with Crippen LogP contribution in [0.4, 0.5) is 5.69 Å². The van der Waals surface area contributed by atoms with Gasteiger partial charge in [-0.1, -0.05) is 18.2 Å². The first-order valence-electron chi connectivity index (χ1n) is 6.68. The van der Waals surface area contributed by atoms with Crippen LogP contribution in [0.5, 0.6) is 0 Å². The summed E-state index contributed by atoms with van der Waals surface area (Å²) in [6, 6.07) is 9.32. The fraction of sp³-hybridized carbons (Fsp3) is 0.333. The van der Waals surface area contributed by atoms with Gasteiger partial charge in [0.15, 0.2) is 0 Å². The molecule has 1 heterocycles. The third-order valence-electron chi connectivity index (χ3n) is 3.61. The predicted octanol–water partition coefficient (Wildman–Crippen LogP) is 1.16. The quantitative estimate of drug-likeness (QED) is 0.885. The molecular formula is C15H20N4O2. The highest BCUT2D eigenvalue weighted by Crippen LogP contribution is 2.18. The molecule has 0 radical (unpaired) electrons. The first-order valence-corrected chi connectivity index (χ1v) is 6.68. The molecule has 1 aromatic heterocycles. The molecule has 1 aromatic carbocycles. The summed E-state index contributed by atoms with van der Waals surface area (Å²) in [5.41, 5.74) is 6.02. The number of primary amides is 1. The van der Waals surface area contributed by atoms with Crippen molar-refractivity contribution in [2.75, 3.05) is 5.32 Å². The minimum atomic E-state index is -1.00. The van der Waals surface area contributed by atoms with Crippen molar-refractivity contribution < 1.29 is 4.79 Å². The van der Waals surface area contributed by atoms with Gasteiger partial charge in [-0.15, -0.1) is 0 Å². The van der Waals surface area contributed by atoms with Gasteiger partial charge < -0.3 is 11.1 Å². The fourth-order valence-corrected chi connectivity index (χ4v) is 2.09. The third kappa shape index (κ3) is 2.56. The number of nitrogens with zero attached hydrogens (tertiary/aromatic N) is 2. The zero-order valence-corrected chi connectivity index (χ0v) is 12.7. The molecule has 6 heteroatoms. The lowest BCUT2D eigenvalue weighted by Crippen LogP contribution is -2.46. The second-order valence-corrected chi connectivity index (χ2v) is 5.55. The largest absolute Gasteiger partial charge is 0.368 e. The zero-order chi connectivity index (χ0) is 15.8. The standard InChI is InChI=1S/C15H20N4O2/c1-10-12(17-15(2,3)14(16)21)13(20)19(18(10)4)11-8-6-5-7-9-11/h5-9,17H,1-4H3,(H2,16,21). The Balaban J connectivity index is 2.57. The number of aromatic nitrogens is 2. The van der Waals surface area contributed by atoms with Crippen LogP contribution in [0, 0.1) is 6.92 Å². The van der Waals surface area contributed by atoms with E-state index < -0.39 is 11.4 Å². The van der Waals surface area contributed by atoms with E-state index in [-0.39, 0.29) is 5.56 Å². The number of anilines is 1. The van der Waals surface area contributed by atoms with Gasteiger partial charge in [0.1, 0.15) is 11.2 Å². The van der Waals surface area contributed by atoms with Crippen molar-refractivity contribution in [3.63, 3.8) is 0 Å². The van der Waals surface area contributed by atoms with Gasteiger partial charge in [0.2, 0.25) is 5.91 Å². The Morgan fingerprint density at radius 3 is 2.33 bits per heavy atom. The summed E-state index contributed by atoms with van der Waals surface area (Å²) in [5, 5.41) is 2.96. The molecule has 6 nitrogen and oxygen atoms in total. The van der Waals surface area contributed by atoms with Crippen LogP contribution in [0.1, 0.15) is 19.5 Å². The smallest absolute Gasteiger partial charge is 0.295 e. The van der Waals surface area contributed by atoms with Gasteiger partial charge in [-0.25, -0.2) is 4.68 Å². The summed E-state index contributed by atoms with van der Waals surface area (Å²) < 4.78 is 3.30. The van der Waals surface area contributed by atoms with Crippen LogP contribution in [0.25, 0.3) is 5.69 Å². The average molecular weight is 288 g/mol. The van der Waals surface area contributed by atoms with Crippen molar-refractivity contribution in [3.05, 3.63) is 46.4 Å². The molecule has 21 heavy (non-hydrogen) atoms. The summed E-state index contributed by atoms with van der Waals surface area (Å²) in [6.45, 7) is 5.11. The highest BCUT2D eigenvalue weighted by molar-refractivity contribution is 5.87. The van der Waals surface area contributed by atoms with E-state index in [1.807, 2.05) is 37.3 Å². The first-order chi connectivity index (χ1) is 9.75. The average Bonchev–Trinajstić information content (AvgIpc) is 2.63. The molecule has 0 spiro atoms. The summed E-state index contributed by atoms with van der Waals surface area (Å²) in [4.78, 5) is 24.1. The molecule has 0 saturated carbocycles. The Hall–Kier alpha value is -2.50. The molecule has 0 aliphatic heterocycles. The minimum Gasteiger partial charge on any atom is -0.368 e. The lowest BCUT2D eigenvalue weighted by molar-refractivity contribution is -0.121. The molecule has 0 aliphatic rings. The molecule has 112 valence electrons. The number of nitrogens with one attached hydrogen (secondary N) is 1. The van der Waals surface area contributed by atoms with E-state index in [0.717, 1.165) is 11.4 Å². The monoisotopic (exact) mass is 288 g/mol. The molecule has 0 fully saturated rings. The van der Waals surface area contributed by atoms with Crippen molar-refractivity contribution in [3.8, 4) is 5.69 Å². The molecular weight excluding hydrogens is 268 g/mol. The van der Waals surface area contributed by atoms with Crippen LogP contribution in [0.2, 0.25) is 0 Å². The van der Waals surface area contributed by atoms with Gasteiger partial charge in [0.25, 0.3) is 5.56 Å². The zero-order valence-electron chi connectivity index (χ0n) is 12.7. The summed E-state index contributed by atoms with van der Waals surface area (Å²) >= 11 is 0. The number of para-hydroxylation sites is 1. The number of carbonyl (C=O) groups excluding carboxylic acids is 1. The highest BCUT2D eigenvalue weighted by atomic mass is 16.2. The van der Waals surface area contributed by atoms with Crippen LogP contribution in [-0.4, -0.2) is 20.8 Å². The van der Waals surface area contributed by atoms with Crippen molar-refractivity contribution in [1.29, 1.82) is 0 Å². The van der Waals surface area contributed by atoms with Crippen molar-refractivity contribution in [2.24, 2.45) is 12.8 Å². The van der Waals surface area contributed by atoms with E-state index in [9.17, 15) is 9.59 Å². The molecule has 2 rings (SSSR count). The topological polar surface area (TPSA) is 82.1 Å². The van der Waals surface area contributed by atoms with E-state index in [1.165, 1.54) is 0 Å². The van der Waals surface area contributed by atoms with Crippen molar-refractivity contribution in [2.45, 2.75) is 26.3 Å². The van der Waals surface area contributed by atoms with E-state index in [2.05, 4.69) is 5.32 Å². The number of hydrogen-bond donors (Lipinski definition) is 2. The Labute approximate surface area is 123 Å². The Morgan fingerprint density at radius 1 is 1.24 bits per heavy atom. The summed E-state index contributed by atoms with van der Waals surface area (Å²) in [7, 11) is 1.80. The van der Waals surface area contributed by atoms with Gasteiger partial charge in [0.05, 0.1) is 11.4 Å². The molecule has 0 bridgehead atoms. The van der Waals surface area contributed by atoms with E-state index >= 15 is 0 Å². The molecule has 1 amide bonds. The maximum absolute atomic E-state index is 12.6. The number of benzene rings is 1. The van der Waals surface area contributed by atoms with Gasteiger partial charge >= 0.3 is 0 Å². The number of nitrogens with two attached hydrogens (primary N) is 1.